The van der Waals surface area contributed by atoms with E-state index in [1.807, 2.05) is 18.3 Å². The Balaban J connectivity index is 1.95. The molecule has 0 saturated carbocycles. The Morgan fingerprint density at radius 3 is 2.71 bits per heavy atom. The van der Waals surface area contributed by atoms with Gasteiger partial charge in [-0.1, -0.05) is 25.1 Å². The molecule has 2 aromatic heterocycles. The summed E-state index contributed by atoms with van der Waals surface area (Å²) < 4.78 is 10.3. The molecule has 0 unspecified atom stereocenters. The lowest BCUT2D eigenvalue weighted by molar-refractivity contribution is 0.258. The summed E-state index contributed by atoms with van der Waals surface area (Å²) >= 11 is 0. The third-order valence-corrected chi connectivity index (χ3v) is 3.20. The average molecular weight is 290 g/mol. The number of aryl methyl sites for hydroxylation is 1. The molecule has 0 spiro atoms. The number of ether oxygens (including phenoxy) is 1. The number of aromatic nitrogens is 3. The zero-order chi connectivity index (χ0) is 15.1. The van der Waals surface area contributed by atoms with Crippen LogP contribution >= 0.6 is 0 Å². The molecular weight excluding hydrogens is 268 g/mol. The Kier molecular flexibility index (Phi) is 5.68. The SMILES string of the molecule is CCCc1nc(CN(CC)Cc2ccc(OC)nc2)no1. The van der Waals surface area contributed by atoms with Crippen LogP contribution in [-0.2, 0) is 19.5 Å². The van der Waals surface area contributed by atoms with E-state index in [4.69, 9.17) is 9.26 Å². The van der Waals surface area contributed by atoms with Gasteiger partial charge in [-0.05, 0) is 18.5 Å². The van der Waals surface area contributed by atoms with Gasteiger partial charge in [-0.15, -0.1) is 0 Å². The molecule has 0 aliphatic carbocycles. The summed E-state index contributed by atoms with van der Waals surface area (Å²) in [6, 6.07) is 3.89. The summed E-state index contributed by atoms with van der Waals surface area (Å²) in [6.07, 6.45) is 3.68. The van der Waals surface area contributed by atoms with Crippen molar-refractivity contribution in [1.82, 2.24) is 20.0 Å². The lowest BCUT2D eigenvalue weighted by Gasteiger charge is -2.18. The zero-order valence-electron chi connectivity index (χ0n) is 12.9. The number of methoxy groups -OCH3 is 1. The van der Waals surface area contributed by atoms with Crippen molar-refractivity contribution in [2.45, 2.75) is 39.8 Å². The van der Waals surface area contributed by atoms with Gasteiger partial charge in [0.25, 0.3) is 0 Å². The van der Waals surface area contributed by atoms with Crippen molar-refractivity contribution in [3.8, 4) is 5.88 Å². The van der Waals surface area contributed by atoms with Crippen molar-refractivity contribution >= 4 is 0 Å². The summed E-state index contributed by atoms with van der Waals surface area (Å²) in [5.74, 6) is 2.08. The molecular formula is C15H22N4O2. The van der Waals surface area contributed by atoms with Crippen molar-refractivity contribution in [2.75, 3.05) is 13.7 Å². The van der Waals surface area contributed by atoms with E-state index in [1.54, 1.807) is 7.11 Å². The van der Waals surface area contributed by atoms with Crippen LogP contribution in [0.15, 0.2) is 22.9 Å². The number of rotatable bonds is 8. The molecule has 2 heterocycles. The highest BCUT2D eigenvalue weighted by atomic mass is 16.5. The van der Waals surface area contributed by atoms with Crippen molar-refractivity contribution in [3.63, 3.8) is 0 Å². The maximum Gasteiger partial charge on any atom is 0.226 e. The molecule has 0 saturated heterocycles. The van der Waals surface area contributed by atoms with Crippen LogP contribution in [0.25, 0.3) is 0 Å². The third-order valence-electron chi connectivity index (χ3n) is 3.20. The lowest BCUT2D eigenvalue weighted by atomic mass is 10.2. The molecule has 2 aromatic rings. The predicted octanol–water partition coefficient (Wildman–Crippen LogP) is 2.45. The van der Waals surface area contributed by atoms with Crippen LogP contribution in [0.3, 0.4) is 0 Å². The van der Waals surface area contributed by atoms with Crippen molar-refractivity contribution in [3.05, 3.63) is 35.6 Å². The first-order valence-electron chi connectivity index (χ1n) is 7.27. The average Bonchev–Trinajstić information content (AvgIpc) is 2.95. The second-order valence-corrected chi connectivity index (χ2v) is 4.87. The van der Waals surface area contributed by atoms with Gasteiger partial charge < -0.3 is 9.26 Å². The summed E-state index contributed by atoms with van der Waals surface area (Å²) in [5, 5.41) is 4.03. The van der Waals surface area contributed by atoms with Crippen LogP contribution in [0.2, 0.25) is 0 Å². The van der Waals surface area contributed by atoms with Crippen LogP contribution in [0.5, 0.6) is 5.88 Å². The topological polar surface area (TPSA) is 64.3 Å². The van der Waals surface area contributed by atoms with Crippen molar-refractivity contribution in [1.29, 1.82) is 0 Å². The molecule has 2 rings (SSSR count). The predicted molar refractivity (Wildman–Crippen MR) is 78.9 cm³/mol. The molecule has 0 fully saturated rings. The Morgan fingerprint density at radius 1 is 1.24 bits per heavy atom. The van der Waals surface area contributed by atoms with E-state index in [1.165, 1.54) is 0 Å². The number of nitrogens with zero attached hydrogens (tertiary/aromatic N) is 4. The maximum atomic E-state index is 5.21. The standard InChI is InChI=1S/C15H22N4O2/c1-4-6-15-17-13(18-21-15)11-19(5-2)10-12-7-8-14(20-3)16-9-12/h7-9H,4-6,10-11H2,1-3H3. The van der Waals surface area contributed by atoms with E-state index in [9.17, 15) is 0 Å². The largest absolute Gasteiger partial charge is 0.481 e. The van der Waals surface area contributed by atoms with E-state index in [2.05, 4.69) is 33.9 Å². The molecule has 0 radical (unpaired) electrons. The van der Waals surface area contributed by atoms with Gasteiger partial charge in [0.2, 0.25) is 11.8 Å². The van der Waals surface area contributed by atoms with Crippen LogP contribution in [0.4, 0.5) is 0 Å². The van der Waals surface area contributed by atoms with Crippen molar-refractivity contribution < 1.29 is 9.26 Å². The summed E-state index contributed by atoms with van der Waals surface area (Å²) in [7, 11) is 1.62. The minimum Gasteiger partial charge on any atom is -0.481 e. The second kappa shape index (κ2) is 7.73. The first-order chi connectivity index (χ1) is 10.2. The Hall–Kier alpha value is -1.95. The van der Waals surface area contributed by atoms with Gasteiger partial charge in [0.15, 0.2) is 5.82 Å². The Bertz CT molecular complexity index is 539. The Morgan fingerprint density at radius 2 is 2.10 bits per heavy atom. The molecule has 0 aliphatic rings. The molecule has 6 nitrogen and oxygen atoms in total. The number of pyridine rings is 1. The molecule has 0 bridgehead atoms. The van der Waals surface area contributed by atoms with Gasteiger partial charge in [-0.25, -0.2) is 4.98 Å². The smallest absolute Gasteiger partial charge is 0.226 e. The van der Waals surface area contributed by atoms with Crippen LogP contribution in [-0.4, -0.2) is 33.7 Å². The minimum atomic E-state index is 0.629. The summed E-state index contributed by atoms with van der Waals surface area (Å²) in [4.78, 5) is 10.9. The highest BCUT2D eigenvalue weighted by Gasteiger charge is 2.11. The van der Waals surface area contributed by atoms with Gasteiger partial charge in [0.1, 0.15) is 0 Å². The number of hydrogen-bond acceptors (Lipinski definition) is 6. The van der Waals surface area contributed by atoms with Crippen LogP contribution in [0.1, 0.15) is 37.5 Å². The molecule has 0 N–H and O–H groups in total. The fraction of sp³-hybridized carbons (Fsp3) is 0.533. The van der Waals surface area contributed by atoms with E-state index in [0.717, 1.165) is 43.2 Å². The summed E-state index contributed by atoms with van der Waals surface area (Å²) in [5.41, 5.74) is 1.13. The first kappa shape index (κ1) is 15.4. The van der Waals surface area contributed by atoms with E-state index < -0.39 is 0 Å². The molecule has 0 amide bonds. The monoisotopic (exact) mass is 290 g/mol. The van der Waals surface area contributed by atoms with Gasteiger partial charge in [-0.2, -0.15) is 4.98 Å². The fourth-order valence-corrected chi connectivity index (χ4v) is 2.03. The van der Waals surface area contributed by atoms with Crippen LogP contribution < -0.4 is 4.74 Å². The quantitative estimate of drug-likeness (QED) is 0.744. The second-order valence-electron chi connectivity index (χ2n) is 4.87. The summed E-state index contributed by atoms with van der Waals surface area (Å²) in [6.45, 7) is 6.59. The lowest BCUT2D eigenvalue weighted by Crippen LogP contribution is -2.23. The highest BCUT2D eigenvalue weighted by molar-refractivity contribution is 5.17. The van der Waals surface area contributed by atoms with Gasteiger partial charge in [0, 0.05) is 25.2 Å². The molecule has 6 heteroatoms. The van der Waals surface area contributed by atoms with Gasteiger partial charge >= 0.3 is 0 Å². The van der Waals surface area contributed by atoms with E-state index >= 15 is 0 Å². The third kappa shape index (κ3) is 4.53. The molecule has 114 valence electrons. The van der Waals surface area contributed by atoms with Crippen molar-refractivity contribution in [2.24, 2.45) is 0 Å². The minimum absolute atomic E-state index is 0.629. The molecule has 0 aromatic carbocycles. The van der Waals surface area contributed by atoms with Crippen LogP contribution in [0, 0.1) is 0 Å². The maximum absolute atomic E-state index is 5.21. The van der Waals surface area contributed by atoms with E-state index in [0.29, 0.717) is 12.4 Å². The normalized spacial score (nSPS) is 11.0. The van der Waals surface area contributed by atoms with Gasteiger partial charge in [0.05, 0.1) is 13.7 Å². The first-order valence-corrected chi connectivity index (χ1v) is 7.27. The highest BCUT2D eigenvalue weighted by Crippen LogP contribution is 2.11. The Labute approximate surface area is 125 Å². The fourth-order valence-electron chi connectivity index (χ4n) is 2.03. The van der Waals surface area contributed by atoms with Gasteiger partial charge in [-0.3, -0.25) is 4.90 Å². The van der Waals surface area contributed by atoms with E-state index in [-0.39, 0.29) is 0 Å². The molecule has 0 aliphatic heterocycles. The zero-order valence-corrected chi connectivity index (χ0v) is 12.9. The molecule has 0 atom stereocenters. The number of hydrogen-bond donors (Lipinski definition) is 0. The molecule has 21 heavy (non-hydrogen) atoms.